The molecule has 1 fully saturated rings. The van der Waals surface area contributed by atoms with E-state index in [2.05, 4.69) is 0 Å². The van der Waals surface area contributed by atoms with Crippen molar-refractivity contribution in [2.45, 2.75) is 37.8 Å². The second kappa shape index (κ2) is 6.71. The average Bonchev–Trinajstić information content (AvgIpc) is 2.90. The highest BCUT2D eigenvalue weighted by molar-refractivity contribution is 7.99. The van der Waals surface area contributed by atoms with Gasteiger partial charge in [-0.15, -0.1) is 11.8 Å². The standard InChI is InChI=1S/C16H22N2O3S/c1-16(2,3)21-15(20)12-10-22-14(18(12)13(19)9-17)11-7-5-4-6-8-11/h4-8,12,14H,9-10,17H2,1-3H3/t12-,14+/m0/s1. The lowest BCUT2D eigenvalue weighted by Gasteiger charge is -2.30. The third-order valence-corrected chi connectivity index (χ3v) is 4.55. The Hall–Kier alpha value is -1.53. The van der Waals surface area contributed by atoms with E-state index >= 15 is 0 Å². The van der Waals surface area contributed by atoms with Crippen LogP contribution in [-0.4, -0.2) is 40.7 Å². The van der Waals surface area contributed by atoms with E-state index in [4.69, 9.17) is 10.5 Å². The third kappa shape index (κ3) is 3.81. The van der Waals surface area contributed by atoms with Crippen LogP contribution in [0.15, 0.2) is 30.3 Å². The molecule has 1 aliphatic rings. The summed E-state index contributed by atoms with van der Waals surface area (Å²) in [5.74, 6) is -0.102. The van der Waals surface area contributed by atoms with Crippen LogP contribution in [0.2, 0.25) is 0 Å². The average molecular weight is 322 g/mol. The van der Waals surface area contributed by atoms with Gasteiger partial charge in [0.1, 0.15) is 17.0 Å². The molecule has 6 heteroatoms. The van der Waals surface area contributed by atoms with E-state index in [0.29, 0.717) is 5.75 Å². The van der Waals surface area contributed by atoms with E-state index in [-0.39, 0.29) is 23.8 Å². The molecule has 1 aliphatic heterocycles. The lowest BCUT2D eigenvalue weighted by Crippen LogP contribution is -2.47. The Morgan fingerprint density at radius 3 is 2.50 bits per heavy atom. The molecule has 1 amide bonds. The van der Waals surface area contributed by atoms with Gasteiger partial charge in [-0.25, -0.2) is 4.79 Å². The summed E-state index contributed by atoms with van der Waals surface area (Å²) in [5.41, 5.74) is 5.94. The highest BCUT2D eigenvalue weighted by Crippen LogP contribution is 2.41. The van der Waals surface area contributed by atoms with Crippen LogP contribution in [0.3, 0.4) is 0 Å². The molecule has 22 heavy (non-hydrogen) atoms. The first-order valence-corrected chi connectivity index (χ1v) is 8.29. The summed E-state index contributed by atoms with van der Waals surface area (Å²) >= 11 is 1.56. The summed E-state index contributed by atoms with van der Waals surface area (Å²) in [6, 6.07) is 9.07. The van der Waals surface area contributed by atoms with Crippen molar-refractivity contribution in [3.05, 3.63) is 35.9 Å². The second-order valence-corrected chi connectivity index (χ2v) is 7.26. The summed E-state index contributed by atoms with van der Waals surface area (Å²) in [6.45, 7) is 5.33. The first-order chi connectivity index (χ1) is 10.3. The fourth-order valence-electron chi connectivity index (χ4n) is 2.34. The van der Waals surface area contributed by atoms with Crippen LogP contribution < -0.4 is 5.73 Å². The first kappa shape index (κ1) is 16.8. The van der Waals surface area contributed by atoms with Crippen molar-refractivity contribution in [2.24, 2.45) is 5.73 Å². The van der Waals surface area contributed by atoms with Crippen molar-refractivity contribution in [3.8, 4) is 0 Å². The molecule has 0 spiro atoms. The molecule has 0 radical (unpaired) electrons. The van der Waals surface area contributed by atoms with E-state index in [9.17, 15) is 9.59 Å². The van der Waals surface area contributed by atoms with E-state index in [1.807, 2.05) is 51.1 Å². The monoisotopic (exact) mass is 322 g/mol. The van der Waals surface area contributed by atoms with Gasteiger partial charge >= 0.3 is 5.97 Å². The van der Waals surface area contributed by atoms with Gasteiger partial charge in [0.15, 0.2) is 0 Å². The zero-order valence-electron chi connectivity index (χ0n) is 13.1. The molecule has 0 bridgehead atoms. The van der Waals surface area contributed by atoms with Gasteiger partial charge < -0.3 is 15.4 Å². The van der Waals surface area contributed by atoms with Crippen LogP contribution in [0, 0.1) is 0 Å². The molecule has 0 saturated carbocycles. The smallest absolute Gasteiger partial charge is 0.330 e. The Bertz CT molecular complexity index is 542. The number of hydrogen-bond acceptors (Lipinski definition) is 5. The van der Waals surface area contributed by atoms with Gasteiger partial charge in [-0.3, -0.25) is 4.79 Å². The van der Waals surface area contributed by atoms with Crippen molar-refractivity contribution in [1.82, 2.24) is 4.90 Å². The number of nitrogens with zero attached hydrogens (tertiary/aromatic N) is 1. The molecule has 2 N–H and O–H groups in total. The maximum atomic E-state index is 12.4. The van der Waals surface area contributed by atoms with E-state index in [1.54, 1.807) is 16.7 Å². The molecule has 1 saturated heterocycles. The summed E-state index contributed by atoms with van der Waals surface area (Å²) in [5, 5.41) is -0.199. The van der Waals surface area contributed by atoms with Gasteiger partial charge in [-0.2, -0.15) is 0 Å². The maximum Gasteiger partial charge on any atom is 0.330 e. The highest BCUT2D eigenvalue weighted by Gasteiger charge is 2.43. The van der Waals surface area contributed by atoms with Crippen LogP contribution in [0.25, 0.3) is 0 Å². The van der Waals surface area contributed by atoms with Gasteiger partial charge in [0.05, 0.1) is 6.54 Å². The lowest BCUT2D eigenvalue weighted by atomic mass is 10.1. The van der Waals surface area contributed by atoms with Gasteiger partial charge in [0, 0.05) is 5.75 Å². The molecule has 1 aromatic carbocycles. The number of carbonyl (C=O) groups excluding carboxylic acids is 2. The van der Waals surface area contributed by atoms with E-state index in [1.165, 1.54) is 0 Å². The second-order valence-electron chi connectivity index (χ2n) is 6.15. The van der Waals surface area contributed by atoms with Gasteiger partial charge in [0.25, 0.3) is 0 Å². The van der Waals surface area contributed by atoms with Gasteiger partial charge in [0.2, 0.25) is 5.91 Å². The van der Waals surface area contributed by atoms with E-state index < -0.39 is 11.6 Å². The fraction of sp³-hybridized carbons (Fsp3) is 0.500. The Morgan fingerprint density at radius 1 is 1.32 bits per heavy atom. The summed E-state index contributed by atoms with van der Waals surface area (Å²) in [6.07, 6.45) is 0. The molecule has 2 rings (SSSR count). The lowest BCUT2D eigenvalue weighted by molar-refractivity contribution is -0.163. The SMILES string of the molecule is CC(C)(C)OC(=O)[C@@H]1CS[C@H](c2ccccc2)N1C(=O)CN. The first-order valence-electron chi connectivity index (χ1n) is 7.24. The topological polar surface area (TPSA) is 72.6 Å². The number of esters is 1. The normalized spacial score (nSPS) is 21.7. The number of nitrogens with two attached hydrogens (primary N) is 1. The molecule has 1 heterocycles. The predicted molar refractivity (Wildman–Crippen MR) is 87.2 cm³/mol. The molecule has 0 aromatic heterocycles. The van der Waals surface area contributed by atoms with E-state index in [0.717, 1.165) is 5.56 Å². The van der Waals surface area contributed by atoms with Crippen molar-refractivity contribution in [2.75, 3.05) is 12.3 Å². The van der Waals surface area contributed by atoms with Crippen LogP contribution in [0.1, 0.15) is 31.7 Å². The molecule has 0 unspecified atom stereocenters. The summed E-state index contributed by atoms with van der Waals surface area (Å²) in [7, 11) is 0. The number of amides is 1. The molecule has 1 aromatic rings. The molecular formula is C16H22N2O3S. The summed E-state index contributed by atoms with van der Waals surface area (Å²) < 4.78 is 5.44. The maximum absolute atomic E-state index is 12.4. The van der Waals surface area contributed by atoms with Crippen molar-refractivity contribution < 1.29 is 14.3 Å². The van der Waals surface area contributed by atoms with Crippen molar-refractivity contribution in [1.29, 1.82) is 0 Å². The Kier molecular flexibility index (Phi) is 5.13. The van der Waals surface area contributed by atoms with Crippen molar-refractivity contribution in [3.63, 3.8) is 0 Å². The fourth-order valence-corrected chi connectivity index (χ4v) is 3.78. The number of ether oxygens (including phenoxy) is 1. The van der Waals surface area contributed by atoms with Crippen LogP contribution in [0.4, 0.5) is 0 Å². The Labute approximate surface area is 135 Å². The van der Waals surface area contributed by atoms with Crippen LogP contribution >= 0.6 is 11.8 Å². The zero-order chi connectivity index (χ0) is 16.3. The number of hydrogen-bond donors (Lipinski definition) is 1. The zero-order valence-corrected chi connectivity index (χ0v) is 13.9. The number of benzene rings is 1. The minimum Gasteiger partial charge on any atom is -0.458 e. The third-order valence-electron chi connectivity index (χ3n) is 3.23. The molecule has 0 aliphatic carbocycles. The van der Waals surface area contributed by atoms with Crippen LogP contribution in [0.5, 0.6) is 0 Å². The summed E-state index contributed by atoms with van der Waals surface area (Å²) in [4.78, 5) is 26.2. The Morgan fingerprint density at radius 2 is 1.95 bits per heavy atom. The highest BCUT2D eigenvalue weighted by atomic mass is 32.2. The number of thioether (sulfide) groups is 1. The number of carbonyl (C=O) groups is 2. The van der Waals surface area contributed by atoms with Gasteiger partial charge in [-0.05, 0) is 26.3 Å². The molecule has 2 atom stereocenters. The Balaban J connectivity index is 2.25. The largest absolute Gasteiger partial charge is 0.458 e. The number of rotatable bonds is 3. The minimum atomic E-state index is -0.592. The van der Waals surface area contributed by atoms with Crippen molar-refractivity contribution >= 4 is 23.6 Å². The van der Waals surface area contributed by atoms with Gasteiger partial charge in [-0.1, -0.05) is 30.3 Å². The predicted octanol–water partition coefficient (Wildman–Crippen LogP) is 1.93. The molecular weight excluding hydrogens is 300 g/mol. The molecule has 120 valence electrons. The molecule has 5 nitrogen and oxygen atoms in total. The minimum absolute atomic E-state index is 0.122. The quantitative estimate of drug-likeness (QED) is 0.861. The van der Waals surface area contributed by atoms with Crippen LogP contribution in [-0.2, 0) is 14.3 Å².